The average Bonchev–Trinajstić information content (AvgIpc) is 2.48. The summed E-state index contributed by atoms with van der Waals surface area (Å²) in [6.07, 6.45) is 10.9. The Kier molecular flexibility index (Phi) is 14.0. The molecule has 23 heavy (non-hydrogen) atoms. The molecule has 2 N–H and O–H groups in total. The Balaban J connectivity index is 3.86. The van der Waals surface area contributed by atoms with Gasteiger partial charge in [-0.2, -0.15) is 12.6 Å². The lowest BCUT2D eigenvalue weighted by molar-refractivity contribution is -0.129. The maximum atomic E-state index is 12.0. The fourth-order valence-corrected chi connectivity index (χ4v) is 2.59. The van der Waals surface area contributed by atoms with Crippen LogP contribution >= 0.6 is 12.6 Å². The maximum absolute atomic E-state index is 12.0. The second-order valence-electron chi connectivity index (χ2n) is 6.24. The number of carbonyl (C=O) groups is 2. The van der Waals surface area contributed by atoms with E-state index in [-0.39, 0.29) is 17.9 Å². The van der Waals surface area contributed by atoms with Crippen molar-refractivity contribution in [3.8, 4) is 0 Å². The van der Waals surface area contributed by atoms with Gasteiger partial charge in [-0.25, -0.2) is 0 Å². The zero-order valence-corrected chi connectivity index (χ0v) is 15.7. The monoisotopic (exact) mass is 342 g/mol. The Bertz CT molecular complexity index is 346. The lowest BCUT2D eigenvalue weighted by atomic mass is 10.1. The summed E-state index contributed by atoms with van der Waals surface area (Å²) >= 11 is 4.16. The number of hydrogen-bond donors (Lipinski definition) is 3. The van der Waals surface area contributed by atoms with Crippen molar-refractivity contribution in [2.45, 2.75) is 83.7 Å². The van der Waals surface area contributed by atoms with Crippen molar-refractivity contribution in [2.24, 2.45) is 0 Å². The third kappa shape index (κ3) is 13.2. The third-order valence-electron chi connectivity index (χ3n) is 3.56. The van der Waals surface area contributed by atoms with E-state index in [1.807, 2.05) is 19.9 Å². The van der Waals surface area contributed by atoms with Crippen molar-refractivity contribution in [1.82, 2.24) is 10.6 Å². The molecule has 0 spiro atoms. The van der Waals surface area contributed by atoms with E-state index in [0.29, 0.717) is 18.6 Å². The Hall–Kier alpha value is -0.970. The Labute approximate surface area is 147 Å². The van der Waals surface area contributed by atoms with Gasteiger partial charge in [-0.3, -0.25) is 9.59 Å². The van der Waals surface area contributed by atoms with Crippen LogP contribution < -0.4 is 10.6 Å². The van der Waals surface area contributed by atoms with Crippen molar-refractivity contribution in [3.05, 3.63) is 12.7 Å². The third-order valence-corrected chi connectivity index (χ3v) is 3.82. The summed E-state index contributed by atoms with van der Waals surface area (Å²) in [5.41, 5.74) is 0. The van der Waals surface area contributed by atoms with Crippen LogP contribution in [-0.2, 0) is 9.59 Å². The average molecular weight is 343 g/mol. The van der Waals surface area contributed by atoms with Crippen LogP contribution in [0.15, 0.2) is 12.7 Å². The van der Waals surface area contributed by atoms with Crippen LogP contribution in [-0.4, -0.2) is 29.7 Å². The van der Waals surface area contributed by atoms with E-state index in [1.165, 1.54) is 25.7 Å². The van der Waals surface area contributed by atoms with E-state index in [4.69, 9.17) is 0 Å². The molecule has 0 radical (unpaired) electrons. The van der Waals surface area contributed by atoms with Gasteiger partial charge in [-0.15, -0.1) is 6.58 Å². The van der Waals surface area contributed by atoms with E-state index in [9.17, 15) is 9.59 Å². The quantitative estimate of drug-likeness (QED) is 0.256. The number of unbranched alkanes of at least 4 members (excludes halogenated alkanes) is 6. The van der Waals surface area contributed by atoms with Gasteiger partial charge in [0.1, 0.15) is 6.04 Å². The SMILES string of the molecule is C=CCCCCCCCCC(=O)NC(CCS)C(=O)NC(C)C. The highest BCUT2D eigenvalue weighted by Crippen LogP contribution is 2.09. The lowest BCUT2D eigenvalue weighted by Crippen LogP contribution is -2.48. The van der Waals surface area contributed by atoms with Crippen molar-refractivity contribution in [1.29, 1.82) is 0 Å². The molecule has 0 saturated carbocycles. The highest BCUT2D eigenvalue weighted by atomic mass is 32.1. The summed E-state index contributed by atoms with van der Waals surface area (Å²) in [4.78, 5) is 24.0. The van der Waals surface area contributed by atoms with E-state index >= 15 is 0 Å². The minimum atomic E-state index is -0.471. The van der Waals surface area contributed by atoms with Gasteiger partial charge < -0.3 is 10.6 Å². The number of amides is 2. The topological polar surface area (TPSA) is 58.2 Å². The molecule has 0 fully saturated rings. The summed E-state index contributed by atoms with van der Waals surface area (Å²) in [7, 11) is 0. The van der Waals surface area contributed by atoms with E-state index < -0.39 is 6.04 Å². The highest BCUT2D eigenvalue weighted by molar-refractivity contribution is 7.80. The second kappa shape index (κ2) is 14.6. The molecule has 0 aliphatic carbocycles. The van der Waals surface area contributed by atoms with Crippen molar-refractivity contribution in [2.75, 3.05) is 5.75 Å². The summed E-state index contributed by atoms with van der Waals surface area (Å²) < 4.78 is 0. The molecule has 0 aromatic carbocycles. The zero-order chi connectivity index (χ0) is 17.5. The van der Waals surface area contributed by atoms with Crippen LogP contribution in [0.5, 0.6) is 0 Å². The smallest absolute Gasteiger partial charge is 0.242 e. The van der Waals surface area contributed by atoms with Crippen molar-refractivity contribution < 1.29 is 9.59 Å². The van der Waals surface area contributed by atoms with Gasteiger partial charge in [0.15, 0.2) is 0 Å². The van der Waals surface area contributed by atoms with Crippen LogP contribution in [0.3, 0.4) is 0 Å². The molecule has 2 amide bonds. The fraction of sp³-hybridized carbons (Fsp3) is 0.778. The predicted molar refractivity (Wildman–Crippen MR) is 101 cm³/mol. The summed E-state index contributed by atoms with van der Waals surface area (Å²) in [5, 5.41) is 5.67. The Morgan fingerprint density at radius 2 is 1.65 bits per heavy atom. The normalized spacial score (nSPS) is 12.0. The van der Waals surface area contributed by atoms with Crippen LogP contribution in [0.2, 0.25) is 0 Å². The molecular weight excluding hydrogens is 308 g/mol. The van der Waals surface area contributed by atoms with Crippen LogP contribution in [0, 0.1) is 0 Å². The predicted octanol–water partition coefficient (Wildman–Crippen LogP) is 3.62. The summed E-state index contributed by atoms with van der Waals surface area (Å²) in [6, 6.07) is -0.399. The maximum Gasteiger partial charge on any atom is 0.242 e. The van der Waals surface area contributed by atoms with E-state index in [1.54, 1.807) is 0 Å². The minimum Gasteiger partial charge on any atom is -0.352 e. The number of nitrogens with one attached hydrogen (secondary N) is 2. The summed E-state index contributed by atoms with van der Waals surface area (Å²) in [6.45, 7) is 7.53. The lowest BCUT2D eigenvalue weighted by Gasteiger charge is -2.19. The fourth-order valence-electron chi connectivity index (χ4n) is 2.33. The number of allylic oxidation sites excluding steroid dienone is 1. The van der Waals surface area contributed by atoms with Gasteiger partial charge in [-0.05, 0) is 45.3 Å². The number of hydrogen-bond acceptors (Lipinski definition) is 3. The van der Waals surface area contributed by atoms with Crippen molar-refractivity contribution in [3.63, 3.8) is 0 Å². The molecule has 0 rings (SSSR count). The van der Waals surface area contributed by atoms with Gasteiger partial charge in [0.2, 0.25) is 11.8 Å². The standard InChI is InChI=1S/C18H34N2O2S/c1-4-5-6-7-8-9-10-11-12-17(21)20-16(13-14-23)18(22)19-15(2)3/h4,15-16,23H,1,5-14H2,2-3H3,(H,19,22)(H,20,21). The molecule has 0 bridgehead atoms. The molecule has 0 saturated heterocycles. The molecule has 5 heteroatoms. The molecule has 4 nitrogen and oxygen atoms in total. The largest absolute Gasteiger partial charge is 0.352 e. The second-order valence-corrected chi connectivity index (χ2v) is 6.69. The first-order valence-electron chi connectivity index (χ1n) is 8.82. The first kappa shape index (κ1) is 22.0. The van der Waals surface area contributed by atoms with Gasteiger partial charge in [0.25, 0.3) is 0 Å². The first-order valence-corrected chi connectivity index (χ1v) is 9.46. The van der Waals surface area contributed by atoms with E-state index in [0.717, 1.165) is 19.3 Å². The molecule has 0 aromatic rings. The molecule has 134 valence electrons. The first-order chi connectivity index (χ1) is 11.0. The van der Waals surface area contributed by atoms with E-state index in [2.05, 4.69) is 29.8 Å². The van der Waals surface area contributed by atoms with Gasteiger partial charge in [0.05, 0.1) is 0 Å². The molecule has 0 aromatic heterocycles. The van der Waals surface area contributed by atoms with Gasteiger partial charge in [-0.1, -0.05) is 31.8 Å². The molecule has 0 aliphatic rings. The molecule has 0 aliphatic heterocycles. The van der Waals surface area contributed by atoms with Crippen molar-refractivity contribution >= 4 is 24.4 Å². The van der Waals surface area contributed by atoms with Crippen LogP contribution in [0.1, 0.15) is 71.6 Å². The molecule has 1 unspecified atom stereocenters. The Morgan fingerprint density at radius 1 is 1.04 bits per heavy atom. The minimum absolute atomic E-state index is 0.0395. The zero-order valence-electron chi connectivity index (χ0n) is 14.8. The Morgan fingerprint density at radius 3 is 2.22 bits per heavy atom. The summed E-state index contributed by atoms with van der Waals surface area (Å²) in [5.74, 6) is 0.410. The molecule has 1 atom stereocenters. The number of carbonyl (C=O) groups excluding carboxylic acids is 2. The van der Waals surface area contributed by atoms with Gasteiger partial charge >= 0.3 is 0 Å². The molecular formula is C18H34N2O2S. The molecule has 0 heterocycles. The number of thiol groups is 1. The van der Waals surface area contributed by atoms with Gasteiger partial charge in [0, 0.05) is 12.5 Å². The van der Waals surface area contributed by atoms with Crippen LogP contribution in [0.4, 0.5) is 0 Å². The highest BCUT2D eigenvalue weighted by Gasteiger charge is 2.20. The number of rotatable bonds is 14. The van der Waals surface area contributed by atoms with Crippen LogP contribution in [0.25, 0.3) is 0 Å².